The van der Waals surface area contributed by atoms with Crippen LogP contribution in [0.3, 0.4) is 0 Å². The first-order valence-electron chi connectivity index (χ1n) is 8.39. The van der Waals surface area contributed by atoms with Crippen LogP contribution in [0.1, 0.15) is 35.3 Å². The summed E-state index contributed by atoms with van der Waals surface area (Å²) in [4.78, 5) is 24.8. The van der Waals surface area contributed by atoms with Gasteiger partial charge in [-0.05, 0) is 39.0 Å². The number of hydrogen-bond acceptors (Lipinski definition) is 5. The lowest BCUT2D eigenvalue weighted by molar-refractivity contribution is -0.384. The number of nitrogens with zero attached hydrogens (tertiary/aromatic N) is 3. The van der Waals surface area contributed by atoms with E-state index in [1.54, 1.807) is 24.3 Å². The predicted octanol–water partition coefficient (Wildman–Crippen LogP) is 3.51. The second kappa shape index (κ2) is 8.75. The molecule has 0 aliphatic heterocycles. The highest BCUT2D eigenvalue weighted by Gasteiger charge is 2.13. The van der Waals surface area contributed by atoms with Crippen molar-refractivity contribution in [2.75, 3.05) is 18.0 Å². The number of nitro groups is 1. The average Bonchev–Trinajstić information content (AvgIpc) is 2.63. The molecule has 0 aliphatic rings. The number of nitrogens with one attached hydrogen (secondary N) is 1. The summed E-state index contributed by atoms with van der Waals surface area (Å²) in [6.07, 6.45) is 1.44. The van der Waals surface area contributed by atoms with Gasteiger partial charge >= 0.3 is 0 Å². The maximum absolute atomic E-state index is 12.1. The third-order valence-corrected chi connectivity index (χ3v) is 3.98. The zero-order valence-corrected chi connectivity index (χ0v) is 15.1. The largest absolute Gasteiger partial charge is 0.372 e. The number of nitro benzene ring substituents is 1. The van der Waals surface area contributed by atoms with Crippen LogP contribution in [0.5, 0.6) is 0 Å². The lowest BCUT2D eigenvalue weighted by atomic mass is 10.1. The minimum atomic E-state index is -0.450. The SMILES string of the molecule is CCN(CC)c1ccc([N+](=O)[O-])cc1/C=N/NC(=O)c1cccc(C)c1. The van der Waals surface area contributed by atoms with Crippen LogP contribution in [0.2, 0.25) is 0 Å². The fourth-order valence-electron chi connectivity index (χ4n) is 2.62. The highest BCUT2D eigenvalue weighted by molar-refractivity contribution is 5.96. The molecule has 2 rings (SSSR count). The third-order valence-electron chi connectivity index (χ3n) is 3.98. The van der Waals surface area contributed by atoms with Gasteiger partial charge in [-0.3, -0.25) is 14.9 Å². The Kier molecular flexibility index (Phi) is 6.43. The number of anilines is 1. The Morgan fingerprint density at radius 1 is 1.23 bits per heavy atom. The number of non-ortho nitro benzene ring substituents is 1. The number of aryl methyl sites for hydroxylation is 1. The Morgan fingerprint density at radius 2 is 1.96 bits per heavy atom. The molecule has 1 N–H and O–H groups in total. The summed E-state index contributed by atoms with van der Waals surface area (Å²) >= 11 is 0. The molecule has 0 atom stereocenters. The van der Waals surface area contributed by atoms with E-state index in [0.29, 0.717) is 11.1 Å². The van der Waals surface area contributed by atoms with Crippen molar-refractivity contribution in [3.63, 3.8) is 0 Å². The maximum Gasteiger partial charge on any atom is 0.271 e. The number of carbonyl (C=O) groups is 1. The first-order valence-corrected chi connectivity index (χ1v) is 8.39. The van der Waals surface area contributed by atoms with Crippen molar-refractivity contribution in [3.05, 3.63) is 69.3 Å². The minimum absolute atomic E-state index is 0.0210. The van der Waals surface area contributed by atoms with E-state index in [2.05, 4.69) is 15.4 Å². The van der Waals surface area contributed by atoms with Gasteiger partial charge < -0.3 is 4.90 Å². The lowest BCUT2D eigenvalue weighted by Crippen LogP contribution is -2.23. The topological polar surface area (TPSA) is 87.8 Å². The maximum atomic E-state index is 12.1. The van der Waals surface area contributed by atoms with Crippen LogP contribution in [-0.4, -0.2) is 30.1 Å². The molecule has 0 spiro atoms. The summed E-state index contributed by atoms with van der Waals surface area (Å²) in [5.41, 5.74) is 5.33. The van der Waals surface area contributed by atoms with Gasteiger partial charge in [-0.25, -0.2) is 5.43 Å². The van der Waals surface area contributed by atoms with Crippen molar-refractivity contribution in [3.8, 4) is 0 Å². The summed E-state index contributed by atoms with van der Waals surface area (Å²) in [5.74, 6) is -0.334. The zero-order chi connectivity index (χ0) is 19.1. The smallest absolute Gasteiger partial charge is 0.271 e. The molecular weight excluding hydrogens is 332 g/mol. The minimum Gasteiger partial charge on any atom is -0.372 e. The third kappa shape index (κ3) is 4.66. The normalized spacial score (nSPS) is 10.7. The van der Waals surface area contributed by atoms with E-state index in [1.165, 1.54) is 18.3 Å². The van der Waals surface area contributed by atoms with E-state index in [0.717, 1.165) is 24.3 Å². The highest BCUT2D eigenvalue weighted by atomic mass is 16.6. The monoisotopic (exact) mass is 354 g/mol. The van der Waals surface area contributed by atoms with Gasteiger partial charge in [0.05, 0.1) is 11.1 Å². The van der Waals surface area contributed by atoms with Gasteiger partial charge in [0.25, 0.3) is 11.6 Å². The Bertz CT molecular complexity index is 829. The molecule has 2 aromatic rings. The molecular formula is C19H22N4O3. The molecule has 0 bridgehead atoms. The van der Waals surface area contributed by atoms with Crippen LogP contribution in [0.15, 0.2) is 47.6 Å². The quantitative estimate of drug-likeness (QED) is 0.468. The van der Waals surface area contributed by atoms with E-state index in [9.17, 15) is 14.9 Å². The molecule has 0 heterocycles. The Hall–Kier alpha value is -3.22. The molecule has 0 unspecified atom stereocenters. The summed E-state index contributed by atoms with van der Waals surface area (Å²) < 4.78 is 0. The number of carbonyl (C=O) groups excluding carboxylic acids is 1. The van der Waals surface area contributed by atoms with Gasteiger partial charge in [0, 0.05) is 42.0 Å². The average molecular weight is 354 g/mol. The Balaban J connectivity index is 2.25. The fourth-order valence-corrected chi connectivity index (χ4v) is 2.62. The first kappa shape index (κ1) is 19.1. The standard InChI is InChI=1S/C19H22N4O3/c1-4-22(5-2)18-10-9-17(23(25)26)12-16(18)13-20-21-19(24)15-8-6-7-14(3)11-15/h6-13H,4-5H2,1-3H3,(H,21,24)/b20-13+. The molecule has 0 aliphatic carbocycles. The number of hydrogen-bond donors (Lipinski definition) is 1. The van der Waals surface area contributed by atoms with E-state index < -0.39 is 4.92 Å². The molecule has 0 fully saturated rings. The van der Waals surface area contributed by atoms with E-state index in [-0.39, 0.29) is 11.6 Å². The second-order valence-corrected chi connectivity index (χ2v) is 5.74. The molecule has 0 saturated heterocycles. The van der Waals surface area contributed by atoms with Crippen LogP contribution in [0.4, 0.5) is 11.4 Å². The van der Waals surface area contributed by atoms with Gasteiger partial charge in [0.2, 0.25) is 0 Å². The van der Waals surface area contributed by atoms with Crippen LogP contribution >= 0.6 is 0 Å². The van der Waals surface area contributed by atoms with Crippen LogP contribution in [0.25, 0.3) is 0 Å². The van der Waals surface area contributed by atoms with Crippen LogP contribution in [-0.2, 0) is 0 Å². The molecule has 0 saturated carbocycles. The van der Waals surface area contributed by atoms with Crippen molar-refractivity contribution in [2.45, 2.75) is 20.8 Å². The second-order valence-electron chi connectivity index (χ2n) is 5.74. The van der Waals surface area contributed by atoms with E-state index in [4.69, 9.17) is 0 Å². The molecule has 136 valence electrons. The van der Waals surface area contributed by atoms with Crippen LogP contribution < -0.4 is 10.3 Å². The number of hydrazone groups is 1. The van der Waals surface area contributed by atoms with E-state index >= 15 is 0 Å². The first-order chi connectivity index (χ1) is 12.5. The van der Waals surface area contributed by atoms with Gasteiger partial charge in [0.1, 0.15) is 0 Å². The number of benzene rings is 2. The Labute approximate surface area is 152 Å². The van der Waals surface area contributed by atoms with Crippen molar-refractivity contribution in [1.29, 1.82) is 0 Å². The van der Waals surface area contributed by atoms with Crippen molar-refractivity contribution < 1.29 is 9.72 Å². The van der Waals surface area contributed by atoms with Crippen molar-refractivity contribution in [1.82, 2.24) is 5.43 Å². The van der Waals surface area contributed by atoms with E-state index in [1.807, 2.05) is 26.8 Å². The molecule has 0 radical (unpaired) electrons. The van der Waals surface area contributed by atoms with Gasteiger partial charge in [-0.2, -0.15) is 5.10 Å². The summed E-state index contributed by atoms with van der Waals surface area (Å²) in [5, 5.41) is 15.0. The lowest BCUT2D eigenvalue weighted by Gasteiger charge is -2.22. The van der Waals surface area contributed by atoms with Gasteiger partial charge in [-0.1, -0.05) is 17.7 Å². The number of amides is 1. The fraction of sp³-hybridized carbons (Fsp3) is 0.263. The number of rotatable bonds is 7. The zero-order valence-electron chi connectivity index (χ0n) is 15.1. The molecule has 26 heavy (non-hydrogen) atoms. The molecule has 7 heteroatoms. The predicted molar refractivity (Wildman–Crippen MR) is 103 cm³/mol. The highest BCUT2D eigenvalue weighted by Crippen LogP contribution is 2.24. The molecule has 0 aromatic heterocycles. The van der Waals surface area contributed by atoms with Crippen molar-refractivity contribution >= 4 is 23.5 Å². The summed E-state index contributed by atoms with van der Waals surface area (Å²) in [6.45, 7) is 7.42. The Morgan fingerprint density at radius 3 is 2.58 bits per heavy atom. The molecule has 1 amide bonds. The summed E-state index contributed by atoms with van der Waals surface area (Å²) in [7, 11) is 0. The molecule has 2 aromatic carbocycles. The van der Waals surface area contributed by atoms with Crippen molar-refractivity contribution in [2.24, 2.45) is 5.10 Å². The van der Waals surface area contributed by atoms with Gasteiger partial charge in [0.15, 0.2) is 0 Å². The van der Waals surface area contributed by atoms with Gasteiger partial charge in [-0.15, -0.1) is 0 Å². The summed E-state index contributed by atoms with van der Waals surface area (Å²) in [6, 6.07) is 11.8. The van der Waals surface area contributed by atoms with Crippen LogP contribution in [0, 0.1) is 17.0 Å². The molecule has 7 nitrogen and oxygen atoms in total.